The van der Waals surface area contributed by atoms with Crippen LogP contribution >= 0.6 is 11.6 Å². The number of phenols is 1. The highest BCUT2D eigenvalue weighted by atomic mass is 35.5. The summed E-state index contributed by atoms with van der Waals surface area (Å²) in [5, 5.41) is 36.7. The predicted octanol–water partition coefficient (Wildman–Crippen LogP) is 2.88. The van der Waals surface area contributed by atoms with Crippen LogP contribution in [0.3, 0.4) is 0 Å². The van der Waals surface area contributed by atoms with E-state index in [1.165, 1.54) is 31.5 Å². The minimum absolute atomic E-state index is 0.0679. The number of phenolic OH excluding ortho intramolecular Hbond substituents is 1. The van der Waals surface area contributed by atoms with E-state index in [-0.39, 0.29) is 22.9 Å². The van der Waals surface area contributed by atoms with Gasteiger partial charge in [-0.25, -0.2) is 5.43 Å². The van der Waals surface area contributed by atoms with E-state index >= 15 is 0 Å². The average molecular weight is 514 g/mol. The van der Waals surface area contributed by atoms with E-state index in [1.807, 2.05) is 18.2 Å². The smallest absolute Gasteiger partial charge is 0.271 e. The Hall–Kier alpha value is -3.63. The molecule has 0 heterocycles. The largest absolute Gasteiger partial charge is 0.506 e. The number of hydrazone groups is 1. The summed E-state index contributed by atoms with van der Waals surface area (Å²) in [7, 11) is 1.51. The van der Waals surface area contributed by atoms with Crippen molar-refractivity contribution in [2.75, 3.05) is 26.9 Å². The number of methoxy groups -OCH3 is 1. The lowest BCUT2D eigenvalue weighted by molar-refractivity contribution is 0.0878. The number of aliphatic hydroxyl groups excluding tert-OH is 2. The number of benzene rings is 3. The van der Waals surface area contributed by atoms with Crippen molar-refractivity contribution in [1.29, 1.82) is 0 Å². The molecule has 10 heteroatoms. The van der Waals surface area contributed by atoms with Crippen LogP contribution in [0.25, 0.3) is 0 Å². The van der Waals surface area contributed by atoms with Gasteiger partial charge in [-0.2, -0.15) is 5.10 Å². The number of rotatable bonds is 12. The van der Waals surface area contributed by atoms with Crippen LogP contribution in [0.4, 0.5) is 0 Å². The van der Waals surface area contributed by atoms with E-state index < -0.39 is 18.1 Å². The Balaban J connectivity index is 1.51. The number of carbonyl (C=O) groups is 1. The molecule has 3 rings (SSSR count). The summed E-state index contributed by atoms with van der Waals surface area (Å²) >= 11 is 5.83. The fraction of sp³-hybridized carbons (Fsp3) is 0.231. The zero-order valence-corrected chi connectivity index (χ0v) is 20.4. The lowest BCUT2D eigenvalue weighted by Crippen LogP contribution is -2.40. The van der Waals surface area contributed by atoms with Crippen LogP contribution in [0, 0.1) is 0 Å². The van der Waals surface area contributed by atoms with Gasteiger partial charge >= 0.3 is 0 Å². The minimum atomic E-state index is -0.846. The van der Waals surface area contributed by atoms with Crippen molar-refractivity contribution in [3.63, 3.8) is 0 Å². The van der Waals surface area contributed by atoms with Crippen LogP contribution < -0.4 is 20.2 Å². The van der Waals surface area contributed by atoms with E-state index in [2.05, 4.69) is 15.8 Å². The summed E-state index contributed by atoms with van der Waals surface area (Å²) in [6, 6.07) is 17.8. The summed E-state index contributed by atoms with van der Waals surface area (Å²) in [5.41, 5.74) is 3.97. The number of ether oxygens (including phenoxy) is 2. The predicted molar refractivity (Wildman–Crippen MR) is 137 cm³/mol. The molecule has 3 aromatic rings. The fourth-order valence-corrected chi connectivity index (χ4v) is 3.51. The molecule has 36 heavy (non-hydrogen) atoms. The van der Waals surface area contributed by atoms with Gasteiger partial charge in [-0.1, -0.05) is 41.9 Å². The number of hydrogen-bond acceptors (Lipinski definition) is 8. The van der Waals surface area contributed by atoms with Crippen molar-refractivity contribution < 1.29 is 29.6 Å². The van der Waals surface area contributed by atoms with Crippen LogP contribution in [0.15, 0.2) is 71.8 Å². The van der Waals surface area contributed by atoms with Crippen LogP contribution in [0.5, 0.6) is 17.2 Å². The monoisotopic (exact) mass is 513 g/mol. The van der Waals surface area contributed by atoms with Gasteiger partial charge in [0.1, 0.15) is 23.9 Å². The van der Waals surface area contributed by atoms with Gasteiger partial charge in [0.25, 0.3) is 5.91 Å². The Bertz CT molecular complexity index is 1180. The first-order chi connectivity index (χ1) is 17.4. The molecule has 0 radical (unpaired) electrons. The molecule has 9 nitrogen and oxygen atoms in total. The Morgan fingerprint density at radius 2 is 1.92 bits per heavy atom. The zero-order valence-electron chi connectivity index (χ0n) is 19.6. The van der Waals surface area contributed by atoms with Gasteiger partial charge in [0, 0.05) is 23.7 Å². The van der Waals surface area contributed by atoms with E-state index in [1.54, 1.807) is 30.3 Å². The molecule has 0 aliphatic heterocycles. The molecule has 0 aromatic heterocycles. The highest BCUT2D eigenvalue weighted by Gasteiger charge is 2.19. The number of hydrogen-bond donors (Lipinski definition) is 5. The van der Waals surface area contributed by atoms with Gasteiger partial charge in [0.05, 0.1) is 37.1 Å². The number of carbonyl (C=O) groups excluding carboxylic acids is 1. The van der Waals surface area contributed by atoms with Crippen molar-refractivity contribution in [1.82, 2.24) is 10.7 Å². The Morgan fingerprint density at radius 1 is 1.14 bits per heavy atom. The van der Waals surface area contributed by atoms with Crippen LogP contribution in [-0.4, -0.2) is 60.4 Å². The average Bonchev–Trinajstić information content (AvgIpc) is 2.90. The second-order valence-corrected chi connectivity index (χ2v) is 8.12. The lowest BCUT2D eigenvalue weighted by Gasteiger charge is -2.22. The van der Waals surface area contributed by atoms with E-state index in [0.717, 1.165) is 5.56 Å². The number of aromatic hydroxyl groups is 1. The van der Waals surface area contributed by atoms with Crippen molar-refractivity contribution in [3.8, 4) is 17.2 Å². The standard InChI is InChI=1S/C26H28ClN3O6/c1-35-24-14-20(36-12-11-28-22(16-31)25(33)17-5-3-2-4-6-17)9-7-19(24)15-29-30-26(34)18-8-10-23(32)21(27)13-18/h2-10,13-15,22,25,28,31-33H,11-12,16H2,1H3,(H,30,34)/b29-15+. The number of amides is 1. The Kier molecular flexibility index (Phi) is 10.1. The van der Waals surface area contributed by atoms with Crippen LogP contribution in [0.2, 0.25) is 5.02 Å². The van der Waals surface area contributed by atoms with Crippen molar-refractivity contribution >= 4 is 23.7 Å². The Morgan fingerprint density at radius 3 is 2.61 bits per heavy atom. The maximum atomic E-state index is 12.2. The summed E-state index contributed by atoms with van der Waals surface area (Å²) in [6.45, 7) is 0.460. The molecule has 0 fully saturated rings. The molecule has 2 unspecified atom stereocenters. The van der Waals surface area contributed by atoms with Gasteiger partial charge in [-0.15, -0.1) is 0 Å². The molecule has 0 saturated carbocycles. The zero-order chi connectivity index (χ0) is 25.9. The summed E-state index contributed by atoms with van der Waals surface area (Å²) in [5.74, 6) is 0.437. The lowest BCUT2D eigenvalue weighted by atomic mass is 10.0. The van der Waals surface area contributed by atoms with Crippen molar-refractivity contribution in [2.45, 2.75) is 12.1 Å². The van der Waals surface area contributed by atoms with Crippen molar-refractivity contribution in [2.24, 2.45) is 5.10 Å². The van der Waals surface area contributed by atoms with E-state index in [9.17, 15) is 20.1 Å². The Labute approximate surface area is 214 Å². The third kappa shape index (κ3) is 7.43. The van der Waals surface area contributed by atoms with Crippen molar-refractivity contribution in [3.05, 3.63) is 88.4 Å². The molecule has 1 amide bonds. The maximum absolute atomic E-state index is 12.2. The molecule has 5 N–H and O–H groups in total. The molecule has 0 spiro atoms. The second-order valence-electron chi connectivity index (χ2n) is 7.72. The molecule has 0 bridgehead atoms. The summed E-state index contributed by atoms with van der Waals surface area (Å²) < 4.78 is 11.1. The van der Waals surface area contributed by atoms with Gasteiger partial charge in [0.15, 0.2) is 0 Å². The molecular weight excluding hydrogens is 486 g/mol. The number of halogens is 1. The molecule has 190 valence electrons. The van der Waals surface area contributed by atoms with Gasteiger partial charge < -0.3 is 30.1 Å². The molecule has 0 aliphatic rings. The molecule has 0 aliphatic carbocycles. The maximum Gasteiger partial charge on any atom is 0.271 e. The summed E-state index contributed by atoms with van der Waals surface area (Å²) in [4.78, 5) is 12.2. The van der Waals surface area contributed by atoms with E-state index in [0.29, 0.717) is 30.2 Å². The SMILES string of the molecule is COc1cc(OCCNC(CO)C(O)c2ccccc2)ccc1/C=N/NC(=O)c1ccc(O)c(Cl)c1. The normalized spacial score (nSPS) is 12.8. The van der Waals surface area contributed by atoms with Gasteiger partial charge in [0.2, 0.25) is 0 Å². The molecule has 3 aromatic carbocycles. The number of nitrogens with one attached hydrogen (secondary N) is 2. The van der Waals surface area contributed by atoms with Crippen LogP contribution in [-0.2, 0) is 0 Å². The minimum Gasteiger partial charge on any atom is -0.506 e. The van der Waals surface area contributed by atoms with E-state index in [4.69, 9.17) is 21.1 Å². The first kappa shape index (κ1) is 27.0. The third-order valence-electron chi connectivity index (χ3n) is 5.28. The quantitative estimate of drug-likeness (QED) is 0.143. The highest BCUT2D eigenvalue weighted by molar-refractivity contribution is 6.32. The molecular formula is C26H28ClN3O6. The van der Waals surface area contributed by atoms with Gasteiger partial charge in [-0.3, -0.25) is 4.79 Å². The second kappa shape index (κ2) is 13.5. The molecule has 0 saturated heterocycles. The first-order valence-electron chi connectivity index (χ1n) is 11.1. The van der Waals surface area contributed by atoms with Crippen LogP contribution in [0.1, 0.15) is 27.6 Å². The summed E-state index contributed by atoms with van der Waals surface area (Å²) in [6.07, 6.45) is 0.586. The fourth-order valence-electron chi connectivity index (χ4n) is 3.33. The third-order valence-corrected chi connectivity index (χ3v) is 5.58. The first-order valence-corrected chi connectivity index (χ1v) is 11.5. The topological polar surface area (TPSA) is 133 Å². The van der Waals surface area contributed by atoms with Gasteiger partial charge in [-0.05, 0) is 35.9 Å². The number of aliphatic hydroxyl groups is 2. The highest BCUT2D eigenvalue weighted by Crippen LogP contribution is 2.25. The molecule has 2 atom stereocenters. The number of nitrogens with zero attached hydrogens (tertiary/aromatic N) is 1.